The van der Waals surface area contributed by atoms with E-state index in [2.05, 4.69) is 30.5 Å². The molecule has 1 aliphatic rings. The van der Waals surface area contributed by atoms with Gasteiger partial charge in [0.1, 0.15) is 0 Å². The molecular weight excluding hydrogens is 124 g/mol. The molecule has 0 aliphatic carbocycles. The maximum Gasteiger partial charge on any atom is 0.0555 e. The lowest BCUT2D eigenvalue weighted by atomic mass is 10.0. The summed E-state index contributed by atoms with van der Waals surface area (Å²) in [5.74, 6) is 0.444. The molecule has 0 N–H and O–H groups in total. The van der Waals surface area contributed by atoms with Crippen LogP contribution >= 0.6 is 0 Å². The monoisotopic (exact) mass is 138 g/mol. The van der Waals surface area contributed by atoms with Crippen LogP contribution in [0.15, 0.2) is 17.8 Å². The van der Waals surface area contributed by atoms with E-state index in [-0.39, 0.29) is 0 Å². The predicted octanol–water partition coefficient (Wildman–Crippen LogP) is 1.50. The molecular formula is C8H14N2. The normalized spacial score (nSPS) is 31.2. The molecule has 56 valence electrons. The first-order valence-corrected chi connectivity index (χ1v) is 3.73. The molecule has 0 spiro atoms. The fourth-order valence-corrected chi connectivity index (χ4v) is 1.22. The fraction of sp³-hybridized carbons (Fsp3) is 0.625. The van der Waals surface area contributed by atoms with Crippen molar-refractivity contribution in [3.05, 3.63) is 12.7 Å². The average Bonchev–Trinajstić information content (AvgIpc) is 2.30. The summed E-state index contributed by atoms with van der Waals surface area (Å²) in [5, 5.41) is 6.30. The average molecular weight is 138 g/mol. The summed E-state index contributed by atoms with van der Waals surface area (Å²) in [6, 6.07) is 0.502. The van der Waals surface area contributed by atoms with Gasteiger partial charge in [-0.15, -0.1) is 6.58 Å². The van der Waals surface area contributed by atoms with E-state index in [1.807, 2.05) is 12.3 Å². The Morgan fingerprint density at radius 1 is 1.80 bits per heavy atom. The Kier molecular flexibility index (Phi) is 2.10. The molecule has 0 fully saturated rings. The molecule has 2 heteroatoms. The van der Waals surface area contributed by atoms with Crippen LogP contribution in [0.5, 0.6) is 0 Å². The molecule has 2 atom stereocenters. The molecule has 1 aliphatic heterocycles. The van der Waals surface area contributed by atoms with E-state index in [9.17, 15) is 0 Å². The second-order valence-electron chi connectivity index (χ2n) is 2.57. The third kappa shape index (κ3) is 1.06. The molecule has 1 rings (SSSR count). The standard InChI is InChI=1S/C8H14N2/c1-4-8-6-9-10(5-2)7(8)3/h4,6-8H,1,5H2,2-3H3. The maximum absolute atomic E-state index is 4.22. The molecule has 1 heterocycles. The third-order valence-electron chi connectivity index (χ3n) is 2.01. The van der Waals surface area contributed by atoms with Gasteiger partial charge in [0.2, 0.25) is 0 Å². The molecule has 0 amide bonds. The topological polar surface area (TPSA) is 15.6 Å². The van der Waals surface area contributed by atoms with Crippen LogP contribution in [0.2, 0.25) is 0 Å². The van der Waals surface area contributed by atoms with Crippen LogP contribution in [0, 0.1) is 5.92 Å². The van der Waals surface area contributed by atoms with E-state index in [1.54, 1.807) is 0 Å². The Morgan fingerprint density at radius 3 is 2.80 bits per heavy atom. The van der Waals surface area contributed by atoms with E-state index in [0.717, 1.165) is 6.54 Å². The van der Waals surface area contributed by atoms with E-state index in [0.29, 0.717) is 12.0 Å². The summed E-state index contributed by atoms with van der Waals surface area (Å²) in [5.41, 5.74) is 0. The second kappa shape index (κ2) is 2.86. The predicted molar refractivity (Wildman–Crippen MR) is 44.0 cm³/mol. The summed E-state index contributed by atoms with van der Waals surface area (Å²) in [6.45, 7) is 9.01. The molecule has 0 saturated heterocycles. The van der Waals surface area contributed by atoms with Crippen LogP contribution in [0.4, 0.5) is 0 Å². The summed E-state index contributed by atoms with van der Waals surface area (Å²) >= 11 is 0. The second-order valence-corrected chi connectivity index (χ2v) is 2.57. The zero-order chi connectivity index (χ0) is 7.56. The highest BCUT2D eigenvalue weighted by Gasteiger charge is 2.22. The molecule has 0 bridgehead atoms. The number of nitrogens with zero attached hydrogens (tertiary/aromatic N) is 2. The van der Waals surface area contributed by atoms with Gasteiger partial charge in [0.25, 0.3) is 0 Å². The van der Waals surface area contributed by atoms with E-state index in [4.69, 9.17) is 0 Å². The minimum absolute atomic E-state index is 0.444. The van der Waals surface area contributed by atoms with Gasteiger partial charge in [0.15, 0.2) is 0 Å². The lowest BCUT2D eigenvalue weighted by molar-refractivity contribution is 0.241. The SMILES string of the molecule is C=CC1C=NN(CC)C1C. The van der Waals surface area contributed by atoms with Crippen LogP contribution in [0.25, 0.3) is 0 Å². The maximum atomic E-state index is 4.22. The highest BCUT2D eigenvalue weighted by molar-refractivity contribution is 5.65. The van der Waals surface area contributed by atoms with Crippen molar-refractivity contribution in [2.24, 2.45) is 11.0 Å². The smallest absolute Gasteiger partial charge is 0.0555 e. The van der Waals surface area contributed by atoms with Crippen molar-refractivity contribution in [1.82, 2.24) is 5.01 Å². The van der Waals surface area contributed by atoms with Gasteiger partial charge >= 0.3 is 0 Å². The molecule has 2 unspecified atom stereocenters. The minimum Gasteiger partial charge on any atom is -0.294 e. The van der Waals surface area contributed by atoms with E-state index < -0.39 is 0 Å². The van der Waals surface area contributed by atoms with Crippen LogP contribution in [-0.4, -0.2) is 23.8 Å². The lowest BCUT2D eigenvalue weighted by Crippen LogP contribution is -2.27. The Bertz CT molecular complexity index is 151. The van der Waals surface area contributed by atoms with Crippen LogP contribution in [0.3, 0.4) is 0 Å². The van der Waals surface area contributed by atoms with Gasteiger partial charge < -0.3 is 0 Å². The summed E-state index contributed by atoms with van der Waals surface area (Å²) < 4.78 is 0. The highest BCUT2D eigenvalue weighted by atomic mass is 15.5. The number of hydrogen-bond donors (Lipinski definition) is 0. The Morgan fingerprint density at radius 2 is 2.50 bits per heavy atom. The van der Waals surface area contributed by atoms with Crippen LogP contribution in [0.1, 0.15) is 13.8 Å². The van der Waals surface area contributed by atoms with Gasteiger partial charge in [0, 0.05) is 18.7 Å². The Balaban J connectivity index is 2.57. The van der Waals surface area contributed by atoms with Gasteiger partial charge in [-0.25, -0.2) is 0 Å². The molecule has 0 aromatic carbocycles. The van der Waals surface area contributed by atoms with Crippen molar-refractivity contribution in [2.45, 2.75) is 19.9 Å². The number of rotatable bonds is 2. The molecule has 0 radical (unpaired) electrons. The summed E-state index contributed by atoms with van der Waals surface area (Å²) in [7, 11) is 0. The van der Waals surface area contributed by atoms with Gasteiger partial charge in [-0.1, -0.05) is 6.08 Å². The first kappa shape index (κ1) is 7.32. The van der Waals surface area contributed by atoms with Gasteiger partial charge in [-0.2, -0.15) is 5.10 Å². The molecule has 0 aromatic heterocycles. The quantitative estimate of drug-likeness (QED) is 0.528. The lowest BCUT2D eigenvalue weighted by Gasteiger charge is -2.20. The zero-order valence-corrected chi connectivity index (χ0v) is 6.62. The molecule has 2 nitrogen and oxygen atoms in total. The van der Waals surface area contributed by atoms with Crippen molar-refractivity contribution in [3.63, 3.8) is 0 Å². The van der Waals surface area contributed by atoms with Crippen molar-refractivity contribution < 1.29 is 0 Å². The largest absolute Gasteiger partial charge is 0.294 e. The molecule has 0 saturated carbocycles. The zero-order valence-electron chi connectivity index (χ0n) is 6.62. The van der Waals surface area contributed by atoms with Crippen molar-refractivity contribution in [3.8, 4) is 0 Å². The summed E-state index contributed by atoms with van der Waals surface area (Å²) in [6.07, 6.45) is 3.91. The van der Waals surface area contributed by atoms with Crippen molar-refractivity contribution in [2.75, 3.05) is 6.54 Å². The molecule has 0 aromatic rings. The highest BCUT2D eigenvalue weighted by Crippen LogP contribution is 2.16. The Hall–Kier alpha value is -0.790. The van der Waals surface area contributed by atoms with Gasteiger partial charge in [0.05, 0.1) is 6.04 Å². The van der Waals surface area contributed by atoms with Crippen LogP contribution < -0.4 is 0 Å². The number of hydrogen-bond acceptors (Lipinski definition) is 2. The first-order valence-electron chi connectivity index (χ1n) is 3.73. The van der Waals surface area contributed by atoms with Crippen molar-refractivity contribution >= 4 is 6.21 Å². The summed E-state index contributed by atoms with van der Waals surface area (Å²) in [4.78, 5) is 0. The molecule has 10 heavy (non-hydrogen) atoms. The van der Waals surface area contributed by atoms with E-state index in [1.165, 1.54) is 0 Å². The van der Waals surface area contributed by atoms with E-state index >= 15 is 0 Å². The third-order valence-corrected chi connectivity index (χ3v) is 2.01. The van der Waals surface area contributed by atoms with Crippen molar-refractivity contribution in [1.29, 1.82) is 0 Å². The van der Waals surface area contributed by atoms with Gasteiger partial charge in [-0.05, 0) is 13.8 Å². The fourth-order valence-electron chi connectivity index (χ4n) is 1.22. The Labute approximate surface area is 62.2 Å². The first-order chi connectivity index (χ1) is 4.79. The number of hydrazone groups is 1. The minimum atomic E-state index is 0.444. The van der Waals surface area contributed by atoms with Crippen LogP contribution in [-0.2, 0) is 0 Å². The van der Waals surface area contributed by atoms with Gasteiger partial charge in [-0.3, -0.25) is 5.01 Å².